The number of aryl methyl sites for hydroxylation is 1. The molecule has 0 aliphatic rings. The molecule has 0 radical (unpaired) electrons. The van der Waals surface area contributed by atoms with Gasteiger partial charge in [-0.25, -0.2) is 9.97 Å². The van der Waals surface area contributed by atoms with Crippen LogP contribution in [0.4, 0.5) is 0 Å². The van der Waals surface area contributed by atoms with Crippen molar-refractivity contribution < 1.29 is 12.6 Å². The molecule has 2 aromatic rings. The molecule has 1 aromatic heterocycles. The minimum absolute atomic E-state index is 0.154. The van der Waals surface area contributed by atoms with Gasteiger partial charge in [0.05, 0.1) is 11.9 Å². The van der Waals surface area contributed by atoms with E-state index in [1.165, 1.54) is 0 Å². The second-order valence-corrected chi connectivity index (χ2v) is 5.79. The molecule has 6 heteroatoms. The van der Waals surface area contributed by atoms with E-state index in [4.69, 9.17) is 4.18 Å². The van der Waals surface area contributed by atoms with Crippen LogP contribution < -0.4 is 0 Å². The highest BCUT2D eigenvalue weighted by atomic mass is 32.2. The second-order valence-electron chi connectivity index (χ2n) is 4.15. The van der Waals surface area contributed by atoms with Crippen LogP contribution in [-0.2, 0) is 20.9 Å². The molecule has 0 saturated carbocycles. The van der Waals surface area contributed by atoms with Crippen LogP contribution in [0.2, 0.25) is 0 Å². The zero-order chi connectivity index (χ0) is 13.9. The molecular weight excluding hydrogens is 264 g/mol. The summed E-state index contributed by atoms with van der Waals surface area (Å²) in [5, 5.41) is 0. The number of nitrogens with zero attached hydrogens (tertiary/aromatic N) is 2. The minimum Gasteiger partial charge on any atom is -0.262 e. The SMILES string of the molecule is Cc1cnc(COS(C)(=O)=O)nc1-c1ccccc1. The van der Waals surface area contributed by atoms with E-state index in [2.05, 4.69) is 9.97 Å². The molecule has 100 valence electrons. The van der Waals surface area contributed by atoms with Crippen molar-refractivity contribution in [2.75, 3.05) is 6.26 Å². The Morgan fingerprint density at radius 1 is 1.21 bits per heavy atom. The van der Waals surface area contributed by atoms with Crippen LogP contribution in [-0.4, -0.2) is 24.6 Å². The summed E-state index contributed by atoms with van der Waals surface area (Å²) in [6, 6.07) is 9.65. The van der Waals surface area contributed by atoms with Crippen LogP contribution in [0.25, 0.3) is 11.3 Å². The fourth-order valence-electron chi connectivity index (χ4n) is 1.60. The van der Waals surface area contributed by atoms with Crippen molar-refractivity contribution in [1.82, 2.24) is 9.97 Å². The van der Waals surface area contributed by atoms with Crippen LogP contribution in [0.3, 0.4) is 0 Å². The zero-order valence-electron chi connectivity index (χ0n) is 10.7. The molecule has 0 N–H and O–H groups in total. The molecule has 0 bridgehead atoms. The first-order valence-corrected chi connectivity index (χ1v) is 7.50. The van der Waals surface area contributed by atoms with Gasteiger partial charge in [0.2, 0.25) is 0 Å². The molecule has 0 aliphatic carbocycles. The topological polar surface area (TPSA) is 69.2 Å². The first-order valence-electron chi connectivity index (χ1n) is 5.68. The summed E-state index contributed by atoms with van der Waals surface area (Å²) in [6.45, 7) is 1.75. The Morgan fingerprint density at radius 2 is 1.89 bits per heavy atom. The fourth-order valence-corrected chi connectivity index (χ4v) is 1.92. The van der Waals surface area contributed by atoms with Crippen molar-refractivity contribution in [1.29, 1.82) is 0 Å². The van der Waals surface area contributed by atoms with E-state index in [1.54, 1.807) is 6.20 Å². The van der Waals surface area contributed by atoms with Gasteiger partial charge in [0, 0.05) is 11.8 Å². The van der Waals surface area contributed by atoms with Gasteiger partial charge in [0.15, 0.2) is 5.82 Å². The Balaban J connectivity index is 2.30. The Hall–Kier alpha value is -1.79. The van der Waals surface area contributed by atoms with Crippen molar-refractivity contribution >= 4 is 10.1 Å². The summed E-state index contributed by atoms with van der Waals surface area (Å²) in [5.74, 6) is 0.342. The monoisotopic (exact) mass is 278 g/mol. The molecule has 1 heterocycles. The molecule has 0 unspecified atom stereocenters. The third-order valence-electron chi connectivity index (χ3n) is 2.47. The van der Waals surface area contributed by atoms with Crippen molar-refractivity contribution in [3.63, 3.8) is 0 Å². The number of benzene rings is 1. The number of hydrogen-bond acceptors (Lipinski definition) is 5. The van der Waals surface area contributed by atoms with Gasteiger partial charge < -0.3 is 0 Å². The van der Waals surface area contributed by atoms with E-state index >= 15 is 0 Å². The summed E-state index contributed by atoms with van der Waals surface area (Å²) in [5.41, 5.74) is 2.67. The maximum absolute atomic E-state index is 10.9. The lowest BCUT2D eigenvalue weighted by molar-refractivity contribution is 0.302. The molecule has 0 fully saturated rings. The van der Waals surface area contributed by atoms with Gasteiger partial charge in [-0.3, -0.25) is 4.18 Å². The molecule has 0 saturated heterocycles. The van der Waals surface area contributed by atoms with Crippen LogP contribution >= 0.6 is 0 Å². The molecule has 5 nitrogen and oxygen atoms in total. The predicted molar refractivity (Wildman–Crippen MR) is 71.8 cm³/mol. The van der Waals surface area contributed by atoms with E-state index < -0.39 is 10.1 Å². The fraction of sp³-hybridized carbons (Fsp3) is 0.231. The van der Waals surface area contributed by atoms with Gasteiger partial charge in [-0.1, -0.05) is 30.3 Å². The van der Waals surface area contributed by atoms with Gasteiger partial charge in [-0.2, -0.15) is 8.42 Å². The Bertz CT molecular complexity index is 670. The third kappa shape index (κ3) is 3.84. The van der Waals surface area contributed by atoms with E-state index in [9.17, 15) is 8.42 Å². The van der Waals surface area contributed by atoms with Gasteiger partial charge in [0.25, 0.3) is 10.1 Å². The van der Waals surface area contributed by atoms with E-state index in [0.717, 1.165) is 23.1 Å². The standard InChI is InChI=1S/C13H14N2O3S/c1-10-8-14-12(9-18-19(2,16)17)15-13(10)11-6-4-3-5-7-11/h3-8H,9H2,1-2H3. The highest BCUT2D eigenvalue weighted by Crippen LogP contribution is 2.20. The maximum atomic E-state index is 10.9. The molecule has 1 aromatic carbocycles. The lowest BCUT2D eigenvalue weighted by atomic mass is 10.1. The summed E-state index contributed by atoms with van der Waals surface area (Å²) < 4.78 is 26.6. The average molecular weight is 278 g/mol. The zero-order valence-corrected chi connectivity index (χ0v) is 11.5. The predicted octanol–water partition coefficient (Wildman–Crippen LogP) is 1.93. The van der Waals surface area contributed by atoms with Gasteiger partial charge >= 0.3 is 0 Å². The molecule has 0 amide bonds. The van der Waals surface area contributed by atoms with Crippen molar-refractivity contribution in [3.05, 3.63) is 47.9 Å². The van der Waals surface area contributed by atoms with Gasteiger partial charge in [-0.15, -0.1) is 0 Å². The van der Waals surface area contributed by atoms with Crippen LogP contribution in [0, 0.1) is 6.92 Å². The Labute approximate surface area is 112 Å². The maximum Gasteiger partial charge on any atom is 0.264 e. The van der Waals surface area contributed by atoms with E-state index in [0.29, 0.717) is 5.82 Å². The summed E-state index contributed by atoms with van der Waals surface area (Å²) in [6.07, 6.45) is 2.66. The van der Waals surface area contributed by atoms with Crippen LogP contribution in [0.5, 0.6) is 0 Å². The lowest BCUT2D eigenvalue weighted by Crippen LogP contribution is -2.06. The highest BCUT2D eigenvalue weighted by Gasteiger charge is 2.09. The first kappa shape index (κ1) is 13.6. The van der Waals surface area contributed by atoms with E-state index in [-0.39, 0.29) is 6.61 Å². The van der Waals surface area contributed by atoms with Crippen LogP contribution in [0.1, 0.15) is 11.4 Å². The molecular formula is C13H14N2O3S. The van der Waals surface area contributed by atoms with Gasteiger partial charge in [0.1, 0.15) is 6.61 Å². The normalized spacial score (nSPS) is 11.5. The number of rotatable bonds is 4. The third-order valence-corrected chi connectivity index (χ3v) is 3.02. The largest absolute Gasteiger partial charge is 0.264 e. The van der Waals surface area contributed by atoms with Crippen LogP contribution in [0.15, 0.2) is 36.5 Å². The molecule has 2 rings (SSSR count). The highest BCUT2D eigenvalue weighted by molar-refractivity contribution is 7.85. The number of aromatic nitrogens is 2. The Kier molecular flexibility index (Phi) is 3.92. The smallest absolute Gasteiger partial charge is 0.262 e. The first-order chi connectivity index (χ1) is 8.96. The molecule has 0 aliphatic heterocycles. The summed E-state index contributed by atoms with van der Waals surface area (Å²) in [4.78, 5) is 8.41. The van der Waals surface area contributed by atoms with Crippen molar-refractivity contribution in [3.8, 4) is 11.3 Å². The summed E-state index contributed by atoms with van der Waals surface area (Å²) in [7, 11) is -3.49. The summed E-state index contributed by atoms with van der Waals surface area (Å²) >= 11 is 0. The quantitative estimate of drug-likeness (QED) is 0.799. The number of hydrogen-bond donors (Lipinski definition) is 0. The molecule has 0 spiro atoms. The second kappa shape index (κ2) is 5.46. The average Bonchev–Trinajstić information content (AvgIpc) is 2.38. The van der Waals surface area contributed by atoms with Gasteiger partial charge in [-0.05, 0) is 12.5 Å². The molecule has 19 heavy (non-hydrogen) atoms. The Morgan fingerprint density at radius 3 is 2.53 bits per heavy atom. The minimum atomic E-state index is -3.49. The molecule has 0 atom stereocenters. The van der Waals surface area contributed by atoms with Crippen molar-refractivity contribution in [2.24, 2.45) is 0 Å². The lowest BCUT2D eigenvalue weighted by Gasteiger charge is -2.07. The van der Waals surface area contributed by atoms with E-state index in [1.807, 2.05) is 37.3 Å². The van der Waals surface area contributed by atoms with Crippen molar-refractivity contribution in [2.45, 2.75) is 13.5 Å².